The molecule has 3 N–H and O–H groups in total. The molecule has 3 rings (SSSR count). The molecule has 0 saturated carbocycles. The number of hydrogen-bond donors (Lipinski definition) is 2. The van der Waals surface area contributed by atoms with E-state index in [0.717, 1.165) is 4.90 Å². The van der Waals surface area contributed by atoms with Crippen LogP contribution in [0.3, 0.4) is 0 Å². The van der Waals surface area contributed by atoms with Crippen molar-refractivity contribution >= 4 is 45.8 Å². The van der Waals surface area contributed by atoms with Gasteiger partial charge in [0.1, 0.15) is 11.5 Å². The van der Waals surface area contributed by atoms with Gasteiger partial charge in [-0.2, -0.15) is 0 Å². The first-order chi connectivity index (χ1) is 15.2. The molecule has 1 fully saturated rings. The number of methoxy groups -OCH3 is 2. The maximum absolute atomic E-state index is 12.7. The van der Waals surface area contributed by atoms with E-state index in [1.165, 1.54) is 32.4 Å². The molecule has 32 heavy (non-hydrogen) atoms. The number of carbonyl (C=O) groups excluding carboxylic acids is 4. The lowest BCUT2D eigenvalue weighted by atomic mass is 10.1. The first kappa shape index (κ1) is 22.9. The molecule has 0 radical (unpaired) electrons. The van der Waals surface area contributed by atoms with E-state index in [4.69, 9.17) is 19.6 Å². The molecule has 0 bridgehead atoms. The number of furan rings is 1. The lowest BCUT2D eigenvalue weighted by Crippen LogP contribution is -2.30. The molecule has 1 saturated heterocycles. The van der Waals surface area contributed by atoms with Crippen LogP contribution in [0.15, 0.2) is 38.9 Å². The number of primary amides is 1. The summed E-state index contributed by atoms with van der Waals surface area (Å²) in [5.41, 5.74) is 5.63. The second-order valence-electron chi connectivity index (χ2n) is 6.43. The van der Waals surface area contributed by atoms with Crippen molar-refractivity contribution in [3.8, 4) is 11.5 Å². The second kappa shape index (κ2) is 9.56. The van der Waals surface area contributed by atoms with Crippen LogP contribution in [0, 0.1) is 0 Å². The topological polar surface area (TPSA) is 150 Å². The Morgan fingerprint density at radius 3 is 2.66 bits per heavy atom. The van der Waals surface area contributed by atoms with Gasteiger partial charge in [0.2, 0.25) is 5.76 Å². The van der Waals surface area contributed by atoms with Gasteiger partial charge in [-0.1, -0.05) is 0 Å². The molecule has 1 aliphatic rings. The van der Waals surface area contributed by atoms with E-state index in [1.54, 1.807) is 12.1 Å². The fourth-order valence-electron chi connectivity index (χ4n) is 2.82. The third-order valence-corrected chi connectivity index (χ3v) is 4.84. The molecule has 1 aromatic heterocycles. The van der Waals surface area contributed by atoms with Crippen LogP contribution in [0.2, 0.25) is 0 Å². The van der Waals surface area contributed by atoms with E-state index in [9.17, 15) is 19.2 Å². The average Bonchev–Trinajstić information content (AvgIpc) is 3.32. The summed E-state index contributed by atoms with van der Waals surface area (Å²) in [6.45, 7) is -0.519. The normalized spacial score (nSPS) is 14.5. The maximum Gasteiger partial charge on any atom is 0.373 e. The minimum atomic E-state index is -0.670. The van der Waals surface area contributed by atoms with Crippen LogP contribution in [0.25, 0.3) is 6.08 Å². The predicted molar refractivity (Wildman–Crippen MR) is 112 cm³/mol. The summed E-state index contributed by atoms with van der Waals surface area (Å²) >= 11 is 3.32. The monoisotopic (exact) mass is 507 g/mol. The number of urea groups is 1. The van der Waals surface area contributed by atoms with Gasteiger partial charge in [-0.05, 0) is 51.8 Å². The molecule has 2 aromatic rings. The number of halogens is 1. The van der Waals surface area contributed by atoms with E-state index in [0.29, 0.717) is 10.0 Å². The van der Waals surface area contributed by atoms with Crippen LogP contribution in [-0.2, 0) is 20.9 Å². The van der Waals surface area contributed by atoms with E-state index in [1.807, 2.05) is 0 Å². The lowest BCUT2D eigenvalue weighted by molar-refractivity contribution is -0.123. The third-order valence-electron chi connectivity index (χ3n) is 4.25. The van der Waals surface area contributed by atoms with Crippen molar-refractivity contribution in [2.75, 3.05) is 20.8 Å². The van der Waals surface area contributed by atoms with Gasteiger partial charge in [-0.15, -0.1) is 0 Å². The zero-order chi connectivity index (χ0) is 23.4. The highest BCUT2D eigenvalue weighted by Gasteiger charge is 2.34. The number of amides is 4. The molecule has 11 nitrogen and oxygen atoms in total. The number of imide groups is 1. The Bertz CT molecular complexity index is 1120. The standard InChI is InChI=1S/C20H18BrN3O8/c1-29-15-7-10(5-12(21)17(15)31-9-16(22)25)6-13-18(26)24(20(28)23-13)8-11-3-4-14(32-11)19(27)30-2/h3-7H,8-9H2,1-2H3,(H2,22,25)(H,23,28)/b13-6-. The molecule has 0 aliphatic carbocycles. The largest absolute Gasteiger partial charge is 0.493 e. The number of hydrogen-bond acceptors (Lipinski definition) is 8. The number of ether oxygens (including phenoxy) is 3. The molecule has 12 heteroatoms. The van der Waals surface area contributed by atoms with E-state index in [2.05, 4.69) is 26.0 Å². The minimum Gasteiger partial charge on any atom is -0.493 e. The van der Waals surface area contributed by atoms with Crippen LogP contribution in [0.1, 0.15) is 21.9 Å². The molecule has 0 spiro atoms. The first-order valence-electron chi connectivity index (χ1n) is 9.03. The van der Waals surface area contributed by atoms with Gasteiger partial charge in [-0.3, -0.25) is 14.5 Å². The van der Waals surface area contributed by atoms with Crippen molar-refractivity contribution < 1.29 is 37.8 Å². The van der Waals surface area contributed by atoms with Crippen molar-refractivity contribution in [2.24, 2.45) is 5.73 Å². The quantitative estimate of drug-likeness (QED) is 0.311. The summed E-state index contributed by atoms with van der Waals surface area (Å²) in [6, 6.07) is 5.39. The Labute approximate surface area is 190 Å². The highest BCUT2D eigenvalue weighted by molar-refractivity contribution is 9.10. The SMILES string of the molecule is COC(=O)c1ccc(CN2C(=O)N/C(=C\c3cc(Br)c(OCC(N)=O)c(OC)c3)C2=O)o1. The second-order valence-corrected chi connectivity index (χ2v) is 7.28. The summed E-state index contributed by atoms with van der Waals surface area (Å²) in [5.74, 6) is -1.17. The fraction of sp³-hybridized carbons (Fsp3) is 0.200. The number of nitrogens with two attached hydrogens (primary N) is 1. The third kappa shape index (κ3) is 4.91. The Kier molecular flexibility index (Phi) is 6.83. The Hall–Kier alpha value is -3.80. The van der Waals surface area contributed by atoms with Gasteiger partial charge in [0.25, 0.3) is 11.8 Å². The Balaban J connectivity index is 1.80. The summed E-state index contributed by atoms with van der Waals surface area (Å²) in [5, 5.41) is 2.49. The summed E-state index contributed by atoms with van der Waals surface area (Å²) in [4.78, 5) is 48.4. The first-order valence-corrected chi connectivity index (χ1v) is 9.83. The van der Waals surface area contributed by atoms with Gasteiger partial charge in [0.15, 0.2) is 18.1 Å². The van der Waals surface area contributed by atoms with Gasteiger partial charge >= 0.3 is 12.0 Å². The fourth-order valence-corrected chi connectivity index (χ4v) is 3.39. The van der Waals surface area contributed by atoms with Gasteiger partial charge in [0.05, 0.1) is 25.2 Å². The average molecular weight is 508 g/mol. The van der Waals surface area contributed by atoms with Crippen molar-refractivity contribution in [2.45, 2.75) is 6.54 Å². The highest BCUT2D eigenvalue weighted by atomic mass is 79.9. The Morgan fingerprint density at radius 2 is 2.00 bits per heavy atom. The van der Waals surface area contributed by atoms with Crippen LogP contribution in [0.5, 0.6) is 11.5 Å². The zero-order valence-electron chi connectivity index (χ0n) is 17.0. The molecule has 168 valence electrons. The minimum absolute atomic E-state index is 0.0227. The molecule has 2 heterocycles. The summed E-state index contributed by atoms with van der Waals surface area (Å²) < 4.78 is 20.9. The van der Waals surface area contributed by atoms with Gasteiger partial charge in [0, 0.05) is 0 Å². The Morgan fingerprint density at radius 1 is 1.25 bits per heavy atom. The van der Waals surface area contributed by atoms with Gasteiger partial charge < -0.3 is 29.7 Å². The molecule has 1 aromatic carbocycles. The molecule has 1 aliphatic heterocycles. The van der Waals surface area contributed by atoms with E-state index >= 15 is 0 Å². The zero-order valence-corrected chi connectivity index (χ0v) is 18.6. The van der Waals surface area contributed by atoms with Gasteiger partial charge in [-0.25, -0.2) is 9.59 Å². The number of esters is 1. The molecule has 0 unspecified atom stereocenters. The maximum atomic E-state index is 12.7. The highest BCUT2D eigenvalue weighted by Crippen LogP contribution is 2.37. The van der Waals surface area contributed by atoms with E-state index < -0.39 is 23.8 Å². The van der Waals surface area contributed by atoms with Crippen molar-refractivity contribution in [3.05, 3.63) is 51.5 Å². The number of rotatable bonds is 8. The molecular formula is C20H18BrN3O8. The number of nitrogens with one attached hydrogen (secondary N) is 1. The van der Waals surface area contributed by atoms with Crippen LogP contribution < -0.4 is 20.5 Å². The number of benzene rings is 1. The molecule has 0 atom stereocenters. The van der Waals surface area contributed by atoms with Crippen molar-refractivity contribution in [1.82, 2.24) is 10.2 Å². The summed E-state index contributed by atoms with van der Waals surface area (Å²) in [6.07, 6.45) is 1.45. The van der Waals surface area contributed by atoms with Crippen LogP contribution in [0.4, 0.5) is 4.79 Å². The van der Waals surface area contributed by atoms with Crippen LogP contribution >= 0.6 is 15.9 Å². The number of nitrogens with zero attached hydrogens (tertiary/aromatic N) is 1. The predicted octanol–water partition coefficient (Wildman–Crippen LogP) is 1.79. The van der Waals surface area contributed by atoms with E-state index in [-0.39, 0.29) is 41.9 Å². The van der Waals surface area contributed by atoms with Crippen molar-refractivity contribution in [3.63, 3.8) is 0 Å². The van der Waals surface area contributed by atoms with Crippen molar-refractivity contribution in [1.29, 1.82) is 0 Å². The smallest absolute Gasteiger partial charge is 0.373 e. The molecular weight excluding hydrogens is 490 g/mol. The summed E-state index contributed by atoms with van der Waals surface area (Å²) in [7, 11) is 2.62. The number of carbonyl (C=O) groups is 4. The molecule has 4 amide bonds. The van der Waals surface area contributed by atoms with Crippen LogP contribution in [-0.4, -0.2) is 49.5 Å². The lowest BCUT2D eigenvalue weighted by Gasteiger charge is -2.12.